The maximum atomic E-state index is 9.29. The van der Waals surface area contributed by atoms with Crippen molar-refractivity contribution in [3.05, 3.63) is 29.8 Å². The van der Waals surface area contributed by atoms with Gasteiger partial charge in [-0.25, -0.2) is 0 Å². The van der Waals surface area contributed by atoms with Crippen molar-refractivity contribution in [3.8, 4) is 5.75 Å². The number of aliphatic hydroxyl groups excluding tert-OH is 1. The lowest BCUT2D eigenvalue weighted by molar-refractivity contribution is 0.180. The largest absolute Gasteiger partial charge is 0.497 e. The van der Waals surface area contributed by atoms with E-state index in [1.54, 1.807) is 7.11 Å². The van der Waals surface area contributed by atoms with Crippen LogP contribution in [0.15, 0.2) is 24.3 Å². The number of benzene rings is 1. The molecule has 1 aromatic carbocycles. The predicted octanol–water partition coefficient (Wildman–Crippen LogP) is 2.75. The molecule has 2 atom stereocenters. The van der Waals surface area contributed by atoms with Crippen molar-refractivity contribution in [3.63, 3.8) is 0 Å². The molecule has 2 N–H and O–H groups in total. The molecule has 0 aliphatic rings. The second-order valence-corrected chi connectivity index (χ2v) is 5.09. The molecule has 0 saturated carbocycles. The van der Waals surface area contributed by atoms with Gasteiger partial charge in [0.25, 0.3) is 0 Å². The lowest BCUT2D eigenvalue weighted by atomic mass is 9.96. The molecular formula is C15H25NO2. The second kappa shape index (κ2) is 7.39. The van der Waals surface area contributed by atoms with Crippen LogP contribution >= 0.6 is 0 Å². The van der Waals surface area contributed by atoms with E-state index in [2.05, 4.69) is 31.3 Å². The van der Waals surface area contributed by atoms with E-state index in [0.717, 1.165) is 18.7 Å². The molecule has 3 heteroatoms. The van der Waals surface area contributed by atoms with E-state index in [-0.39, 0.29) is 6.10 Å². The summed E-state index contributed by atoms with van der Waals surface area (Å²) >= 11 is 0. The normalized spacial score (nSPS) is 14.6. The summed E-state index contributed by atoms with van der Waals surface area (Å²) in [7, 11) is 1.68. The van der Waals surface area contributed by atoms with E-state index < -0.39 is 0 Å². The molecule has 0 amide bonds. The van der Waals surface area contributed by atoms with Gasteiger partial charge in [0, 0.05) is 6.04 Å². The lowest BCUT2D eigenvalue weighted by Gasteiger charge is -2.23. The molecule has 1 rings (SSSR count). The van der Waals surface area contributed by atoms with E-state index in [4.69, 9.17) is 4.74 Å². The van der Waals surface area contributed by atoms with Gasteiger partial charge in [-0.2, -0.15) is 0 Å². The quantitative estimate of drug-likeness (QED) is 0.783. The Bertz CT molecular complexity index is 333. The molecule has 0 spiro atoms. The van der Waals surface area contributed by atoms with E-state index >= 15 is 0 Å². The number of rotatable bonds is 7. The first-order valence-corrected chi connectivity index (χ1v) is 6.60. The predicted molar refractivity (Wildman–Crippen MR) is 74.9 cm³/mol. The molecule has 0 fully saturated rings. The van der Waals surface area contributed by atoms with Gasteiger partial charge in [0.1, 0.15) is 5.75 Å². The number of methoxy groups -OCH3 is 1. The number of nitrogens with one attached hydrogen (secondary N) is 1. The first-order valence-electron chi connectivity index (χ1n) is 6.60. The van der Waals surface area contributed by atoms with Crippen LogP contribution in [0.1, 0.15) is 38.8 Å². The highest BCUT2D eigenvalue weighted by molar-refractivity contribution is 5.29. The van der Waals surface area contributed by atoms with Gasteiger partial charge < -0.3 is 15.2 Å². The molecule has 0 saturated heterocycles. The first kappa shape index (κ1) is 15.0. The molecular weight excluding hydrogens is 226 g/mol. The van der Waals surface area contributed by atoms with Crippen molar-refractivity contribution in [1.82, 2.24) is 5.32 Å². The fourth-order valence-corrected chi connectivity index (χ4v) is 2.00. The van der Waals surface area contributed by atoms with Gasteiger partial charge in [-0.05, 0) is 43.5 Å². The standard InChI is InChI=1S/C15H25NO2/c1-11(2)15(16-10-9-12(3)17)13-5-7-14(18-4)8-6-13/h5-8,11-12,15-17H,9-10H2,1-4H3/t12-,15+/m0/s1. The fourth-order valence-electron chi connectivity index (χ4n) is 2.00. The summed E-state index contributed by atoms with van der Waals surface area (Å²) in [6.07, 6.45) is 0.528. The first-order chi connectivity index (χ1) is 8.54. The Morgan fingerprint density at radius 1 is 1.17 bits per heavy atom. The highest BCUT2D eigenvalue weighted by Gasteiger charge is 2.15. The monoisotopic (exact) mass is 251 g/mol. The maximum Gasteiger partial charge on any atom is 0.118 e. The van der Waals surface area contributed by atoms with E-state index in [1.807, 2.05) is 19.1 Å². The van der Waals surface area contributed by atoms with Gasteiger partial charge in [0.15, 0.2) is 0 Å². The number of ether oxygens (including phenoxy) is 1. The Balaban J connectivity index is 2.65. The van der Waals surface area contributed by atoms with Gasteiger partial charge in [-0.1, -0.05) is 26.0 Å². The van der Waals surface area contributed by atoms with Crippen LogP contribution < -0.4 is 10.1 Å². The summed E-state index contributed by atoms with van der Waals surface area (Å²) in [5.74, 6) is 1.39. The van der Waals surface area contributed by atoms with Crippen LogP contribution in [-0.2, 0) is 0 Å². The van der Waals surface area contributed by atoms with Crippen molar-refractivity contribution < 1.29 is 9.84 Å². The van der Waals surface area contributed by atoms with Crippen LogP contribution in [0.25, 0.3) is 0 Å². The van der Waals surface area contributed by atoms with E-state index in [9.17, 15) is 5.11 Å². The van der Waals surface area contributed by atoms with Crippen LogP contribution in [0.3, 0.4) is 0 Å². The van der Waals surface area contributed by atoms with Crippen molar-refractivity contribution in [2.45, 2.75) is 39.3 Å². The minimum Gasteiger partial charge on any atom is -0.497 e. The maximum absolute atomic E-state index is 9.29. The van der Waals surface area contributed by atoms with Gasteiger partial charge in [-0.3, -0.25) is 0 Å². The zero-order chi connectivity index (χ0) is 13.5. The van der Waals surface area contributed by atoms with Gasteiger partial charge in [0.05, 0.1) is 13.2 Å². The molecule has 0 aromatic heterocycles. The Hall–Kier alpha value is -1.06. The topological polar surface area (TPSA) is 41.5 Å². The highest BCUT2D eigenvalue weighted by atomic mass is 16.5. The minimum absolute atomic E-state index is 0.249. The van der Waals surface area contributed by atoms with E-state index in [1.165, 1.54) is 5.56 Å². The van der Waals surface area contributed by atoms with Crippen molar-refractivity contribution in [1.29, 1.82) is 0 Å². The second-order valence-electron chi connectivity index (χ2n) is 5.09. The molecule has 18 heavy (non-hydrogen) atoms. The zero-order valence-electron chi connectivity index (χ0n) is 11.8. The molecule has 0 radical (unpaired) electrons. The van der Waals surface area contributed by atoms with Gasteiger partial charge in [0.2, 0.25) is 0 Å². The molecule has 0 heterocycles. The number of aliphatic hydroxyl groups is 1. The summed E-state index contributed by atoms with van der Waals surface area (Å²) in [5, 5.41) is 12.8. The molecule has 102 valence electrons. The molecule has 1 aromatic rings. The highest BCUT2D eigenvalue weighted by Crippen LogP contribution is 2.23. The molecule has 0 aliphatic heterocycles. The van der Waals surface area contributed by atoms with Crippen molar-refractivity contribution >= 4 is 0 Å². The summed E-state index contributed by atoms with van der Waals surface area (Å²) in [6, 6.07) is 8.48. The smallest absolute Gasteiger partial charge is 0.118 e. The van der Waals surface area contributed by atoms with Gasteiger partial charge >= 0.3 is 0 Å². The summed E-state index contributed by atoms with van der Waals surface area (Å²) in [6.45, 7) is 7.04. The third-order valence-corrected chi connectivity index (χ3v) is 3.07. The SMILES string of the molecule is COc1ccc([C@H](NCC[C@H](C)O)C(C)C)cc1. The Labute approximate surface area is 110 Å². The van der Waals surface area contributed by atoms with Gasteiger partial charge in [-0.15, -0.1) is 0 Å². The van der Waals surface area contributed by atoms with Crippen LogP contribution in [0, 0.1) is 5.92 Å². The Morgan fingerprint density at radius 3 is 2.22 bits per heavy atom. The Morgan fingerprint density at radius 2 is 1.78 bits per heavy atom. The van der Waals surface area contributed by atoms with Crippen molar-refractivity contribution in [2.75, 3.05) is 13.7 Å². The molecule has 0 aliphatic carbocycles. The van der Waals surface area contributed by atoms with Crippen molar-refractivity contribution in [2.24, 2.45) is 5.92 Å². The zero-order valence-corrected chi connectivity index (χ0v) is 11.8. The lowest BCUT2D eigenvalue weighted by Crippen LogP contribution is -2.28. The number of hydrogen-bond donors (Lipinski definition) is 2. The Kier molecular flexibility index (Phi) is 6.16. The van der Waals surface area contributed by atoms with Crippen LogP contribution in [-0.4, -0.2) is 24.9 Å². The minimum atomic E-state index is -0.249. The van der Waals surface area contributed by atoms with E-state index in [0.29, 0.717) is 12.0 Å². The average molecular weight is 251 g/mol. The fraction of sp³-hybridized carbons (Fsp3) is 0.600. The third-order valence-electron chi connectivity index (χ3n) is 3.07. The summed E-state index contributed by atoms with van der Waals surface area (Å²) in [4.78, 5) is 0. The average Bonchev–Trinajstić information content (AvgIpc) is 2.34. The summed E-state index contributed by atoms with van der Waals surface area (Å²) in [5.41, 5.74) is 1.26. The molecule has 3 nitrogen and oxygen atoms in total. The van der Waals surface area contributed by atoms with Crippen LogP contribution in [0.5, 0.6) is 5.75 Å². The molecule has 0 unspecified atom stereocenters. The van der Waals surface area contributed by atoms with Crippen LogP contribution in [0.2, 0.25) is 0 Å². The molecule has 0 bridgehead atoms. The summed E-state index contributed by atoms with van der Waals surface area (Å²) < 4.78 is 5.17. The van der Waals surface area contributed by atoms with Crippen LogP contribution in [0.4, 0.5) is 0 Å². The third kappa shape index (κ3) is 4.67. The number of hydrogen-bond acceptors (Lipinski definition) is 3.